The van der Waals surface area contributed by atoms with Gasteiger partial charge in [-0.1, -0.05) is 0 Å². The number of aryl methyl sites for hydroxylation is 2. The number of imidazole rings is 1. The zero-order valence-electron chi connectivity index (χ0n) is 15.7. The number of aromatic nitrogens is 5. The zero-order chi connectivity index (χ0) is 19.6. The summed E-state index contributed by atoms with van der Waals surface area (Å²) in [5.74, 6) is 1.19. The highest BCUT2D eigenvalue weighted by atomic mass is 16.5. The quantitative estimate of drug-likeness (QED) is 0.573. The van der Waals surface area contributed by atoms with E-state index in [0.29, 0.717) is 28.0 Å². The summed E-state index contributed by atoms with van der Waals surface area (Å²) in [4.78, 5) is 17.4. The number of rotatable bonds is 3. The van der Waals surface area contributed by atoms with Crippen molar-refractivity contribution in [1.29, 1.82) is 0 Å². The van der Waals surface area contributed by atoms with Crippen molar-refractivity contribution in [3.8, 4) is 22.6 Å². The average Bonchev–Trinajstić information content (AvgIpc) is 3.17. The zero-order valence-corrected chi connectivity index (χ0v) is 15.7. The number of hydrogen-bond donors (Lipinski definition) is 1. The fraction of sp³-hybridized carbons (Fsp3) is 0.316. The van der Waals surface area contributed by atoms with E-state index in [1.165, 1.54) is 0 Å². The molecule has 1 N–H and O–H groups in total. The largest absolute Gasteiger partial charge is 0.496 e. The Morgan fingerprint density at radius 1 is 1.36 bits per heavy atom. The third kappa shape index (κ3) is 2.07. The molecule has 1 aliphatic rings. The van der Waals surface area contributed by atoms with Crippen LogP contribution < -0.4 is 15.2 Å². The molecule has 0 amide bonds. The molecule has 0 bridgehead atoms. The molecule has 4 heterocycles. The molecule has 0 fully saturated rings. The fourth-order valence-corrected chi connectivity index (χ4v) is 3.98. The summed E-state index contributed by atoms with van der Waals surface area (Å²) < 4.78 is 16.7. The molecule has 9 nitrogen and oxygen atoms in total. The van der Waals surface area contributed by atoms with Crippen LogP contribution in [-0.2, 0) is 14.1 Å². The molecule has 1 atom stereocenters. The Hall–Kier alpha value is -3.33. The van der Waals surface area contributed by atoms with Crippen molar-refractivity contribution < 1.29 is 14.6 Å². The Kier molecular flexibility index (Phi) is 3.50. The van der Waals surface area contributed by atoms with Crippen LogP contribution in [0.2, 0.25) is 0 Å². The highest BCUT2D eigenvalue weighted by Gasteiger charge is 2.30. The van der Waals surface area contributed by atoms with Crippen LogP contribution in [0.25, 0.3) is 33.1 Å². The number of benzene rings is 1. The molecule has 4 aromatic rings. The lowest BCUT2D eigenvalue weighted by Crippen LogP contribution is -2.30. The van der Waals surface area contributed by atoms with Crippen molar-refractivity contribution in [2.45, 2.75) is 6.04 Å². The van der Waals surface area contributed by atoms with Crippen LogP contribution in [0, 0.1) is 0 Å². The molecule has 9 heteroatoms. The van der Waals surface area contributed by atoms with Gasteiger partial charge in [-0.2, -0.15) is 5.10 Å². The SMILES string of the molecule is COc1cc2ncc3c4c2c(c1-c1cnn(C)c1)OCC(CO)n4c(=O)n3C. The number of aliphatic hydroxyl groups excluding tert-OH is 1. The first-order valence-corrected chi connectivity index (χ1v) is 8.88. The van der Waals surface area contributed by atoms with Crippen molar-refractivity contribution in [3.63, 3.8) is 0 Å². The summed E-state index contributed by atoms with van der Waals surface area (Å²) in [5, 5.41) is 14.9. The maximum absolute atomic E-state index is 12.9. The van der Waals surface area contributed by atoms with Crippen molar-refractivity contribution in [3.05, 3.63) is 35.1 Å². The minimum absolute atomic E-state index is 0.153. The van der Waals surface area contributed by atoms with Gasteiger partial charge in [0.05, 0.1) is 59.7 Å². The van der Waals surface area contributed by atoms with E-state index in [1.807, 2.05) is 19.3 Å². The van der Waals surface area contributed by atoms with Crippen LogP contribution in [0.3, 0.4) is 0 Å². The van der Waals surface area contributed by atoms with Gasteiger partial charge in [0.1, 0.15) is 18.1 Å². The molecule has 0 saturated heterocycles. The lowest BCUT2D eigenvalue weighted by atomic mass is 10.0. The van der Waals surface area contributed by atoms with Gasteiger partial charge < -0.3 is 14.6 Å². The van der Waals surface area contributed by atoms with Crippen LogP contribution in [0.4, 0.5) is 0 Å². The monoisotopic (exact) mass is 381 g/mol. The fourth-order valence-electron chi connectivity index (χ4n) is 3.98. The number of ether oxygens (including phenoxy) is 2. The summed E-state index contributed by atoms with van der Waals surface area (Å²) >= 11 is 0. The lowest BCUT2D eigenvalue weighted by molar-refractivity contribution is 0.170. The predicted molar refractivity (Wildman–Crippen MR) is 103 cm³/mol. The smallest absolute Gasteiger partial charge is 0.329 e. The van der Waals surface area contributed by atoms with Gasteiger partial charge in [0, 0.05) is 31.9 Å². The van der Waals surface area contributed by atoms with E-state index in [-0.39, 0.29) is 18.9 Å². The maximum Gasteiger partial charge on any atom is 0.329 e. The molecule has 0 saturated carbocycles. The van der Waals surface area contributed by atoms with Crippen LogP contribution in [0.15, 0.2) is 29.5 Å². The summed E-state index contributed by atoms with van der Waals surface area (Å²) in [6.45, 7) is -0.0596. The van der Waals surface area contributed by atoms with Crippen molar-refractivity contribution in [2.24, 2.45) is 14.1 Å². The van der Waals surface area contributed by atoms with Gasteiger partial charge in [-0.3, -0.25) is 18.8 Å². The van der Waals surface area contributed by atoms with E-state index in [1.54, 1.807) is 40.4 Å². The van der Waals surface area contributed by atoms with Crippen LogP contribution in [-0.4, -0.2) is 49.3 Å². The molecular formula is C19H19N5O4. The van der Waals surface area contributed by atoms with Crippen LogP contribution >= 0.6 is 0 Å². The summed E-state index contributed by atoms with van der Waals surface area (Å²) in [5.41, 5.74) is 3.42. The van der Waals surface area contributed by atoms with Crippen molar-refractivity contribution in [1.82, 2.24) is 23.9 Å². The van der Waals surface area contributed by atoms with Crippen LogP contribution in [0.1, 0.15) is 6.04 Å². The number of hydrogen-bond acceptors (Lipinski definition) is 6. The predicted octanol–water partition coefficient (Wildman–Crippen LogP) is 1.22. The summed E-state index contributed by atoms with van der Waals surface area (Å²) in [6.07, 6.45) is 5.29. The molecular weight excluding hydrogens is 362 g/mol. The molecule has 144 valence electrons. The standard InChI is InChI=1S/C19H19N5O4/c1-22-7-10(5-21-22)15-14(27-3)4-12-16-17-13(6-20-12)23(2)19(26)24(17)11(8-25)9-28-18(15)16/h4-7,11,25H,8-9H2,1-3H3. The third-order valence-electron chi connectivity index (χ3n) is 5.33. The minimum atomic E-state index is -0.498. The first-order chi connectivity index (χ1) is 13.5. The molecule has 28 heavy (non-hydrogen) atoms. The molecule has 1 aromatic carbocycles. The first-order valence-electron chi connectivity index (χ1n) is 8.88. The topological polar surface area (TPSA) is 96.3 Å². The highest BCUT2D eigenvalue weighted by Crippen LogP contribution is 2.47. The van der Waals surface area contributed by atoms with Gasteiger partial charge in [0.25, 0.3) is 0 Å². The second-order valence-corrected chi connectivity index (χ2v) is 6.93. The Morgan fingerprint density at radius 3 is 2.86 bits per heavy atom. The van der Waals surface area contributed by atoms with E-state index in [2.05, 4.69) is 10.1 Å². The highest BCUT2D eigenvalue weighted by molar-refractivity contribution is 6.10. The van der Waals surface area contributed by atoms with E-state index < -0.39 is 6.04 Å². The maximum atomic E-state index is 12.9. The van der Waals surface area contributed by atoms with Gasteiger partial charge in [0.2, 0.25) is 0 Å². The lowest BCUT2D eigenvalue weighted by Gasteiger charge is -2.17. The van der Waals surface area contributed by atoms with Gasteiger partial charge in [-0.05, 0) is 0 Å². The first kappa shape index (κ1) is 16.8. The van der Waals surface area contributed by atoms with Gasteiger partial charge >= 0.3 is 5.69 Å². The third-order valence-corrected chi connectivity index (χ3v) is 5.33. The molecule has 1 unspecified atom stereocenters. The molecule has 1 aliphatic heterocycles. The van der Waals surface area contributed by atoms with E-state index >= 15 is 0 Å². The van der Waals surface area contributed by atoms with E-state index in [0.717, 1.165) is 16.5 Å². The Balaban J connectivity index is 2.01. The molecule has 5 rings (SSSR count). The molecule has 3 aromatic heterocycles. The van der Waals surface area contributed by atoms with Gasteiger partial charge in [-0.25, -0.2) is 4.79 Å². The Bertz CT molecular complexity index is 1300. The normalized spacial score (nSPS) is 15.9. The number of aliphatic hydroxyl groups is 1. The second kappa shape index (κ2) is 5.83. The second-order valence-electron chi connectivity index (χ2n) is 6.93. The molecule has 0 spiro atoms. The van der Waals surface area contributed by atoms with E-state index in [4.69, 9.17) is 9.47 Å². The van der Waals surface area contributed by atoms with Crippen LogP contribution in [0.5, 0.6) is 11.5 Å². The van der Waals surface area contributed by atoms with Crippen molar-refractivity contribution in [2.75, 3.05) is 20.3 Å². The Morgan fingerprint density at radius 2 is 2.18 bits per heavy atom. The number of nitrogens with zero attached hydrogens (tertiary/aromatic N) is 5. The van der Waals surface area contributed by atoms with Gasteiger partial charge in [-0.15, -0.1) is 0 Å². The van der Waals surface area contributed by atoms with Gasteiger partial charge in [0.15, 0.2) is 0 Å². The minimum Gasteiger partial charge on any atom is -0.496 e. The number of pyridine rings is 1. The Labute approximate surface area is 159 Å². The molecule has 0 aliphatic carbocycles. The van der Waals surface area contributed by atoms with E-state index in [9.17, 15) is 9.90 Å². The number of methoxy groups -OCH3 is 1. The summed E-state index contributed by atoms with van der Waals surface area (Å²) in [7, 11) is 5.14. The van der Waals surface area contributed by atoms with Crippen molar-refractivity contribution >= 4 is 21.9 Å². The average molecular weight is 381 g/mol. The molecule has 0 radical (unpaired) electrons. The summed E-state index contributed by atoms with van der Waals surface area (Å²) in [6, 6.07) is 1.34.